The standard InChI is InChI=1S/C23H29NO4/c1-4-20(26)21-13-19(23(27)24-17-9-11-18(25)12-10-17)22(28-21)15(3)16-7-5-14(2)6-8-16/h5-8,13,15,17-18,25H,4,9-12H2,1-3H3,(H,24,27)/t15-,17?,18?/m0/s1. The van der Waals surface area contributed by atoms with E-state index < -0.39 is 0 Å². The molecule has 0 unspecified atom stereocenters. The first-order valence-corrected chi connectivity index (χ1v) is 10.1. The summed E-state index contributed by atoms with van der Waals surface area (Å²) in [5.41, 5.74) is 2.62. The number of furan rings is 1. The summed E-state index contributed by atoms with van der Waals surface area (Å²) >= 11 is 0. The third kappa shape index (κ3) is 4.53. The summed E-state index contributed by atoms with van der Waals surface area (Å²) < 4.78 is 5.89. The normalized spacial score (nSPS) is 20.6. The van der Waals surface area contributed by atoms with Gasteiger partial charge in [0.25, 0.3) is 5.91 Å². The molecule has 1 saturated carbocycles. The first-order chi connectivity index (χ1) is 13.4. The van der Waals surface area contributed by atoms with Crippen LogP contribution in [0, 0.1) is 6.92 Å². The molecule has 5 heteroatoms. The summed E-state index contributed by atoms with van der Waals surface area (Å²) in [7, 11) is 0. The number of hydrogen-bond donors (Lipinski definition) is 2. The van der Waals surface area contributed by atoms with Crippen LogP contribution >= 0.6 is 0 Å². The summed E-state index contributed by atoms with van der Waals surface area (Å²) in [5, 5.41) is 12.7. The van der Waals surface area contributed by atoms with Gasteiger partial charge in [-0.3, -0.25) is 9.59 Å². The van der Waals surface area contributed by atoms with Gasteiger partial charge in [-0.1, -0.05) is 43.7 Å². The highest BCUT2D eigenvalue weighted by Gasteiger charge is 2.28. The van der Waals surface area contributed by atoms with Crippen LogP contribution in [0.15, 0.2) is 34.7 Å². The monoisotopic (exact) mass is 383 g/mol. The van der Waals surface area contributed by atoms with E-state index in [0.717, 1.165) is 24.0 Å². The number of Topliss-reactive ketones (excluding diaryl/α,β-unsaturated/α-hetero) is 1. The highest BCUT2D eigenvalue weighted by atomic mass is 16.3. The van der Waals surface area contributed by atoms with Gasteiger partial charge in [0.2, 0.25) is 0 Å². The maximum absolute atomic E-state index is 13.0. The third-order valence-corrected chi connectivity index (χ3v) is 5.60. The Hall–Kier alpha value is -2.40. The van der Waals surface area contributed by atoms with Crippen LogP contribution in [-0.4, -0.2) is 28.9 Å². The topological polar surface area (TPSA) is 79.5 Å². The SMILES string of the molecule is CCC(=O)c1cc(C(=O)NC2CCC(O)CC2)c([C@@H](C)c2ccc(C)cc2)o1. The number of amides is 1. The van der Waals surface area contributed by atoms with Gasteiger partial charge < -0.3 is 14.8 Å². The number of carbonyl (C=O) groups is 2. The van der Waals surface area contributed by atoms with Gasteiger partial charge in [-0.15, -0.1) is 0 Å². The minimum absolute atomic E-state index is 0.0404. The number of rotatable bonds is 6. The van der Waals surface area contributed by atoms with Crippen LogP contribution in [0.1, 0.15) is 89.7 Å². The van der Waals surface area contributed by atoms with E-state index in [1.807, 2.05) is 38.1 Å². The predicted molar refractivity (Wildman–Crippen MR) is 108 cm³/mol. The molecule has 2 N–H and O–H groups in total. The molecule has 150 valence electrons. The molecule has 2 aromatic rings. The van der Waals surface area contributed by atoms with Crippen molar-refractivity contribution in [1.29, 1.82) is 0 Å². The van der Waals surface area contributed by atoms with Gasteiger partial charge in [-0.05, 0) is 38.2 Å². The van der Waals surface area contributed by atoms with Crippen LogP contribution in [0.3, 0.4) is 0 Å². The Balaban J connectivity index is 1.87. The Kier molecular flexibility index (Phi) is 6.35. The first-order valence-electron chi connectivity index (χ1n) is 10.1. The Morgan fingerprint density at radius 1 is 1.18 bits per heavy atom. The van der Waals surface area contributed by atoms with Crippen molar-refractivity contribution in [3.63, 3.8) is 0 Å². The minimum atomic E-state index is -0.270. The van der Waals surface area contributed by atoms with E-state index in [-0.39, 0.29) is 35.5 Å². The summed E-state index contributed by atoms with van der Waals surface area (Å²) in [4.78, 5) is 25.2. The van der Waals surface area contributed by atoms with Gasteiger partial charge in [0.15, 0.2) is 11.5 Å². The smallest absolute Gasteiger partial charge is 0.255 e. The van der Waals surface area contributed by atoms with Gasteiger partial charge >= 0.3 is 0 Å². The van der Waals surface area contributed by atoms with Crippen LogP contribution in [0.5, 0.6) is 0 Å². The Bertz CT molecular complexity index is 829. The molecular formula is C23H29NO4. The van der Waals surface area contributed by atoms with Gasteiger partial charge in [0.05, 0.1) is 11.7 Å². The predicted octanol–water partition coefficient (Wildman–Crippen LogP) is 4.37. The maximum atomic E-state index is 13.0. The van der Waals surface area contributed by atoms with Crippen molar-refractivity contribution in [3.05, 3.63) is 58.5 Å². The third-order valence-electron chi connectivity index (χ3n) is 5.60. The second-order valence-corrected chi connectivity index (χ2v) is 7.78. The Morgan fingerprint density at radius 2 is 1.82 bits per heavy atom. The fraction of sp³-hybridized carbons (Fsp3) is 0.478. The van der Waals surface area contributed by atoms with Crippen molar-refractivity contribution in [2.24, 2.45) is 0 Å². The van der Waals surface area contributed by atoms with Gasteiger partial charge in [-0.2, -0.15) is 0 Å². The van der Waals surface area contributed by atoms with Gasteiger partial charge in [0.1, 0.15) is 5.76 Å². The zero-order chi connectivity index (χ0) is 20.3. The number of aliphatic hydroxyl groups is 1. The second kappa shape index (κ2) is 8.74. The molecule has 0 radical (unpaired) electrons. The molecule has 1 amide bonds. The number of nitrogens with one attached hydrogen (secondary N) is 1. The minimum Gasteiger partial charge on any atom is -0.456 e. The van der Waals surface area contributed by atoms with Crippen LogP contribution in [0.4, 0.5) is 0 Å². The first kappa shape index (κ1) is 20.3. The zero-order valence-electron chi connectivity index (χ0n) is 16.8. The molecular weight excluding hydrogens is 354 g/mol. The molecule has 5 nitrogen and oxygen atoms in total. The average Bonchev–Trinajstić information content (AvgIpc) is 3.15. The van der Waals surface area contributed by atoms with Crippen LogP contribution in [0.25, 0.3) is 0 Å². The highest BCUT2D eigenvalue weighted by molar-refractivity contribution is 6.00. The number of benzene rings is 1. The fourth-order valence-electron chi connectivity index (χ4n) is 3.71. The maximum Gasteiger partial charge on any atom is 0.255 e. The Labute approximate surface area is 166 Å². The number of aryl methyl sites for hydroxylation is 1. The second-order valence-electron chi connectivity index (χ2n) is 7.78. The zero-order valence-corrected chi connectivity index (χ0v) is 16.8. The molecule has 1 fully saturated rings. The molecule has 1 heterocycles. The number of ketones is 1. The highest BCUT2D eigenvalue weighted by Crippen LogP contribution is 2.31. The number of carbonyl (C=O) groups excluding carboxylic acids is 2. The van der Waals surface area contributed by atoms with E-state index in [2.05, 4.69) is 5.32 Å². The van der Waals surface area contributed by atoms with E-state index in [9.17, 15) is 14.7 Å². The lowest BCUT2D eigenvalue weighted by Crippen LogP contribution is -2.38. The molecule has 1 aliphatic rings. The van der Waals surface area contributed by atoms with Crippen molar-refractivity contribution in [2.45, 2.75) is 70.9 Å². The lowest BCUT2D eigenvalue weighted by atomic mass is 9.92. The van der Waals surface area contributed by atoms with Crippen molar-refractivity contribution < 1.29 is 19.1 Å². The van der Waals surface area contributed by atoms with Crippen molar-refractivity contribution in [3.8, 4) is 0 Å². The molecule has 0 spiro atoms. The molecule has 0 bridgehead atoms. The number of aliphatic hydroxyl groups excluding tert-OH is 1. The molecule has 0 saturated heterocycles. The summed E-state index contributed by atoms with van der Waals surface area (Å²) in [5.74, 6) is 0.286. The fourth-order valence-corrected chi connectivity index (χ4v) is 3.71. The molecule has 3 rings (SSSR count). The van der Waals surface area contributed by atoms with Crippen LogP contribution in [0.2, 0.25) is 0 Å². The van der Waals surface area contributed by atoms with E-state index in [1.54, 1.807) is 13.0 Å². The molecule has 1 aromatic carbocycles. The summed E-state index contributed by atoms with van der Waals surface area (Å²) in [6.07, 6.45) is 2.97. The summed E-state index contributed by atoms with van der Waals surface area (Å²) in [6.45, 7) is 5.79. The molecule has 1 aromatic heterocycles. The molecule has 1 aliphatic carbocycles. The van der Waals surface area contributed by atoms with Crippen LogP contribution < -0.4 is 5.32 Å². The quantitative estimate of drug-likeness (QED) is 0.726. The van der Waals surface area contributed by atoms with Gasteiger partial charge in [0, 0.05) is 24.4 Å². The van der Waals surface area contributed by atoms with Crippen molar-refractivity contribution in [2.75, 3.05) is 0 Å². The van der Waals surface area contributed by atoms with Crippen molar-refractivity contribution in [1.82, 2.24) is 5.32 Å². The number of hydrogen-bond acceptors (Lipinski definition) is 4. The van der Waals surface area contributed by atoms with E-state index in [4.69, 9.17) is 4.42 Å². The van der Waals surface area contributed by atoms with E-state index in [1.165, 1.54) is 0 Å². The van der Waals surface area contributed by atoms with Crippen molar-refractivity contribution >= 4 is 11.7 Å². The van der Waals surface area contributed by atoms with E-state index >= 15 is 0 Å². The largest absolute Gasteiger partial charge is 0.456 e. The lowest BCUT2D eigenvalue weighted by molar-refractivity contribution is 0.0865. The molecule has 1 atom stereocenters. The van der Waals surface area contributed by atoms with E-state index in [0.29, 0.717) is 30.6 Å². The molecule has 28 heavy (non-hydrogen) atoms. The average molecular weight is 383 g/mol. The lowest BCUT2D eigenvalue weighted by Gasteiger charge is -2.26. The van der Waals surface area contributed by atoms with Gasteiger partial charge in [-0.25, -0.2) is 0 Å². The summed E-state index contributed by atoms with van der Waals surface area (Å²) in [6, 6.07) is 9.72. The van der Waals surface area contributed by atoms with Crippen LogP contribution in [-0.2, 0) is 0 Å². The Morgan fingerprint density at radius 3 is 2.43 bits per heavy atom. The molecule has 0 aliphatic heterocycles.